The Morgan fingerprint density at radius 1 is 0.880 bits per heavy atom. The molecule has 2 aromatic heterocycles. The Bertz CT molecular complexity index is 907. The molecule has 0 atom stereocenters. The molecule has 6 heteroatoms. The summed E-state index contributed by atoms with van der Waals surface area (Å²) in [7, 11) is -3.66. The third kappa shape index (κ3) is 3.27. The zero-order valence-electron chi connectivity index (χ0n) is 13.7. The average molecular weight is 357 g/mol. The van der Waals surface area contributed by atoms with E-state index >= 15 is 0 Å². The molecule has 3 aromatic rings. The van der Waals surface area contributed by atoms with Gasteiger partial charge in [-0.2, -0.15) is 4.31 Å². The number of nitrogens with zero attached hydrogens (tertiary/aromatic N) is 1. The van der Waals surface area contributed by atoms with Gasteiger partial charge in [0.25, 0.3) is 0 Å². The van der Waals surface area contributed by atoms with Crippen LogP contribution in [0, 0.1) is 0 Å². The fraction of sp³-hybridized carbons (Fsp3) is 0.263. The van der Waals surface area contributed by atoms with Gasteiger partial charge in [0.15, 0.2) is 0 Å². The molecule has 0 spiro atoms. The van der Waals surface area contributed by atoms with E-state index in [-0.39, 0.29) is 13.1 Å². The Kier molecular flexibility index (Phi) is 4.23. The zero-order chi connectivity index (χ0) is 17.3. The van der Waals surface area contributed by atoms with Gasteiger partial charge in [0.1, 0.15) is 11.5 Å². The molecular weight excluding hydrogens is 338 g/mol. The number of hydrogen-bond acceptors (Lipinski definition) is 4. The second kappa shape index (κ2) is 6.54. The maximum absolute atomic E-state index is 13.2. The van der Waals surface area contributed by atoms with E-state index in [9.17, 15) is 8.42 Å². The van der Waals surface area contributed by atoms with Gasteiger partial charge in [-0.15, -0.1) is 0 Å². The molecule has 0 aliphatic heterocycles. The number of furan rings is 2. The molecule has 0 N–H and O–H groups in total. The van der Waals surface area contributed by atoms with Crippen LogP contribution in [0.15, 0.2) is 68.7 Å². The fourth-order valence-electron chi connectivity index (χ4n) is 3.24. The molecule has 0 fully saturated rings. The van der Waals surface area contributed by atoms with Crippen LogP contribution in [0.1, 0.15) is 29.1 Å². The standard InChI is InChI=1S/C19H19NO4S/c21-25(22,19-9-8-15-4-1-5-16(15)12-19)20(13-17-6-2-10-23-17)14-18-7-3-11-24-18/h2-3,6-12H,1,4-5,13-14H2. The van der Waals surface area contributed by atoms with E-state index in [1.54, 1.807) is 42.9 Å². The van der Waals surface area contributed by atoms with Gasteiger partial charge in [0, 0.05) is 0 Å². The Balaban J connectivity index is 1.68. The molecule has 130 valence electrons. The van der Waals surface area contributed by atoms with Crippen LogP contribution in [0.2, 0.25) is 0 Å². The van der Waals surface area contributed by atoms with Crippen molar-refractivity contribution in [3.8, 4) is 0 Å². The summed E-state index contributed by atoms with van der Waals surface area (Å²) >= 11 is 0. The molecule has 25 heavy (non-hydrogen) atoms. The number of rotatable bonds is 6. The largest absolute Gasteiger partial charge is 0.468 e. The number of benzene rings is 1. The smallest absolute Gasteiger partial charge is 0.243 e. The van der Waals surface area contributed by atoms with Crippen molar-refractivity contribution in [3.63, 3.8) is 0 Å². The maximum Gasteiger partial charge on any atom is 0.243 e. The van der Waals surface area contributed by atoms with E-state index in [4.69, 9.17) is 8.83 Å². The average Bonchev–Trinajstić information content (AvgIpc) is 3.36. The quantitative estimate of drug-likeness (QED) is 0.674. The summed E-state index contributed by atoms with van der Waals surface area (Å²) in [5, 5.41) is 0. The van der Waals surface area contributed by atoms with Crippen LogP contribution in [0.4, 0.5) is 0 Å². The van der Waals surface area contributed by atoms with Crippen LogP contribution in [-0.4, -0.2) is 12.7 Å². The highest BCUT2D eigenvalue weighted by molar-refractivity contribution is 7.89. The van der Waals surface area contributed by atoms with E-state index < -0.39 is 10.0 Å². The minimum absolute atomic E-state index is 0.160. The summed E-state index contributed by atoms with van der Waals surface area (Å²) in [4.78, 5) is 0.325. The lowest BCUT2D eigenvalue weighted by Crippen LogP contribution is -2.30. The highest BCUT2D eigenvalue weighted by atomic mass is 32.2. The SMILES string of the molecule is O=S(=O)(c1ccc2c(c1)CCC2)N(Cc1ccco1)Cc1ccco1. The lowest BCUT2D eigenvalue weighted by atomic mass is 10.1. The molecule has 5 nitrogen and oxygen atoms in total. The molecule has 4 rings (SSSR count). The van der Waals surface area contributed by atoms with Gasteiger partial charge in [-0.1, -0.05) is 6.07 Å². The van der Waals surface area contributed by atoms with Crippen LogP contribution in [0.25, 0.3) is 0 Å². The van der Waals surface area contributed by atoms with E-state index in [0.29, 0.717) is 16.4 Å². The van der Waals surface area contributed by atoms with Crippen LogP contribution in [-0.2, 0) is 36.0 Å². The first kappa shape index (κ1) is 16.2. The molecular formula is C19H19NO4S. The van der Waals surface area contributed by atoms with Gasteiger partial charge in [0.2, 0.25) is 10.0 Å². The third-order valence-electron chi connectivity index (χ3n) is 4.53. The van der Waals surface area contributed by atoms with Gasteiger partial charge in [-0.05, 0) is 66.8 Å². The molecule has 0 unspecified atom stereocenters. The monoisotopic (exact) mass is 357 g/mol. The number of fused-ring (bicyclic) bond motifs is 1. The minimum Gasteiger partial charge on any atom is -0.468 e. The van der Waals surface area contributed by atoms with E-state index in [1.807, 2.05) is 12.1 Å². The van der Waals surface area contributed by atoms with Crippen molar-refractivity contribution in [2.45, 2.75) is 37.2 Å². The summed E-state index contributed by atoms with van der Waals surface area (Å²) in [5.41, 5.74) is 2.39. The van der Waals surface area contributed by atoms with Crippen molar-refractivity contribution in [1.29, 1.82) is 0 Å². The molecule has 0 bridgehead atoms. The minimum atomic E-state index is -3.66. The van der Waals surface area contributed by atoms with Crippen molar-refractivity contribution in [2.75, 3.05) is 0 Å². The van der Waals surface area contributed by atoms with Crippen LogP contribution < -0.4 is 0 Å². The van der Waals surface area contributed by atoms with Crippen molar-refractivity contribution >= 4 is 10.0 Å². The summed E-state index contributed by atoms with van der Waals surface area (Å²) < 4.78 is 38.5. The predicted molar refractivity (Wildman–Crippen MR) is 92.3 cm³/mol. The molecule has 0 radical (unpaired) electrons. The highest BCUT2D eigenvalue weighted by Gasteiger charge is 2.28. The lowest BCUT2D eigenvalue weighted by Gasteiger charge is -2.20. The predicted octanol–water partition coefficient (Wildman–Crippen LogP) is 3.75. The van der Waals surface area contributed by atoms with Crippen LogP contribution >= 0.6 is 0 Å². The maximum atomic E-state index is 13.2. The molecule has 1 aliphatic carbocycles. The summed E-state index contributed by atoms with van der Waals surface area (Å²) in [6.07, 6.45) is 6.14. The molecule has 0 saturated heterocycles. The molecule has 0 amide bonds. The normalized spacial score (nSPS) is 14.1. The highest BCUT2D eigenvalue weighted by Crippen LogP contribution is 2.28. The second-order valence-corrected chi connectivity index (χ2v) is 8.15. The van der Waals surface area contributed by atoms with Crippen LogP contribution in [0.5, 0.6) is 0 Å². The first-order chi connectivity index (χ1) is 12.1. The first-order valence-electron chi connectivity index (χ1n) is 8.30. The zero-order valence-corrected chi connectivity index (χ0v) is 14.5. The van der Waals surface area contributed by atoms with E-state index in [2.05, 4.69) is 0 Å². The first-order valence-corrected chi connectivity index (χ1v) is 9.74. The Morgan fingerprint density at radius 2 is 1.52 bits per heavy atom. The van der Waals surface area contributed by atoms with Gasteiger partial charge < -0.3 is 8.83 Å². The van der Waals surface area contributed by atoms with Crippen LogP contribution in [0.3, 0.4) is 0 Å². The fourth-order valence-corrected chi connectivity index (χ4v) is 4.66. The van der Waals surface area contributed by atoms with Gasteiger partial charge in [-0.25, -0.2) is 8.42 Å². The number of hydrogen-bond donors (Lipinski definition) is 0. The Labute approximate surface area is 146 Å². The van der Waals surface area contributed by atoms with Gasteiger partial charge in [-0.3, -0.25) is 0 Å². The van der Waals surface area contributed by atoms with E-state index in [1.165, 1.54) is 9.87 Å². The lowest BCUT2D eigenvalue weighted by molar-refractivity contribution is 0.330. The topological polar surface area (TPSA) is 63.7 Å². The van der Waals surface area contributed by atoms with E-state index in [0.717, 1.165) is 24.8 Å². The third-order valence-corrected chi connectivity index (χ3v) is 6.32. The summed E-state index contributed by atoms with van der Waals surface area (Å²) in [6, 6.07) is 12.5. The molecule has 2 heterocycles. The van der Waals surface area contributed by atoms with Crippen molar-refractivity contribution in [3.05, 3.63) is 77.6 Å². The van der Waals surface area contributed by atoms with Crippen molar-refractivity contribution in [1.82, 2.24) is 4.31 Å². The Hall–Kier alpha value is -2.31. The van der Waals surface area contributed by atoms with Crippen molar-refractivity contribution < 1.29 is 17.3 Å². The van der Waals surface area contributed by atoms with Gasteiger partial charge >= 0.3 is 0 Å². The number of sulfonamides is 1. The van der Waals surface area contributed by atoms with Gasteiger partial charge in [0.05, 0.1) is 30.5 Å². The molecule has 1 aliphatic rings. The molecule has 1 aromatic carbocycles. The second-order valence-electron chi connectivity index (χ2n) is 6.22. The van der Waals surface area contributed by atoms with Crippen molar-refractivity contribution in [2.24, 2.45) is 0 Å². The molecule has 0 saturated carbocycles. The summed E-state index contributed by atoms with van der Waals surface area (Å²) in [6.45, 7) is 0.320. The summed E-state index contributed by atoms with van der Waals surface area (Å²) in [5.74, 6) is 1.19. The number of aryl methyl sites for hydroxylation is 2. The Morgan fingerprint density at radius 3 is 2.12 bits per heavy atom.